The van der Waals surface area contributed by atoms with Gasteiger partial charge in [-0.05, 0) is 30.9 Å². The second kappa shape index (κ2) is 4.98. The number of aliphatic hydroxyl groups is 1. The SMILES string of the molecule is COC(C)C(C)(O)c1ccc(C(C)C)cc1. The standard InChI is InChI=1S/C14H22O2/c1-10(2)12-6-8-13(9-7-12)14(4,15)11(3)16-5/h6-11,15H,1-5H3. The molecule has 0 heterocycles. The van der Waals surface area contributed by atoms with Gasteiger partial charge in [-0.1, -0.05) is 38.1 Å². The molecule has 1 aromatic carbocycles. The molecule has 1 rings (SSSR count). The summed E-state index contributed by atoms with van der Waals surface area (Å²) in [4.78, 5) is 0. The van der Waals surface area contributed by atoms with Crippen LogP contribution in [0.15, 0.2) is 24.3 Å². The van der Waals surface area contributed by atoms with Gasteiger partial charge in [0.2, 0.25) is 0 Å². The van der Waals surface area contributed by atoms with Crippen LogP contribution in [0.5, 0.6) is 0 Å². The molecule has 0 aliphatic carbocycles. The van der Waals surface area contributed by atoms with Crippen molar-refractivity contribution in [1.29, 1.82) is 0 Å². The first-order valence-corrected chi connectivity index (χ1v) is 5.75. The van der Waals surface area contributed by atoms with E-state index in [4.69, 9.17) is 4.74 Å². The molecule has 0 bridgehead atoms. The Morgan fingerprint density at radius 1 is 1.12 bits per heavy atom. The summed E-state index contributed by atoms with van der Waals surface area (Å²) in [5, 5.41) is 10.4. The summed E-state index contributed by atoms with van der Waals surface area (Å²) < 4.78 is 5.20. The van der Waals surface area contributed by atoms with Crippen molar-refractivity contribution in [3.63, 3.8) is 0 Å². The minimum Gasteiger partial charge on any atom is -0.383 e. The van der Waals surface area contributed by atoms with E-state index in [2.05, 4.69) is 26.0 Å². The second-order valence-corrected chi connectivity index (χ2v) is 4.80. The molecule has 2 unspecified atom stereocenters. The van der Waals surface area contributed by atoms with Crippen molar-refractivity contribution in [1.82, 2.24) is 0 Å². The fraction of sp³-hybridized carbons (Fsp3) is 0.571. The van der Waals surface area contributed by atoms with E-state index in [-0.39, 0.29) is 6.10 Å². The van der Waals surface area contributed by atoms with Gasteiger partial charge in [-0.2, -0.15) is 0 Å². The highest BCUT2D eigenvalue weighted by Gasteiger charge is 2.30. The molecule has 2 nitrogen and oxygen atoms in total. The monoisotopic (exact) mass is 222 g/mol. The van der Waals surface area contributed by atoms with E-state index >= 15 is 0 Å². The van der Waals surface area contributed by atoms with E-state index in [0.29, 0.717) is 5.92 Å². The van der Waals surface area contributed by atoms with Gasteiger partial charge in [0.25, 0.3) is 0 Å². The molecule has 0 aliphatic rings. The Labute approximate surface area is 98.3 Å². The van der Waals surface area contributed by atoms with Crippen LogP contribution in [0.25, 0.3) is 0 Å². The van der Waals surface area contributed by atoms with Crippen molar-refractivity contribution in [2.24, 2.45) is 0 Å². The van der Waals surface area contributed by atoms with E-state index in [0.717, 1.165) is 5.56 Å². The Hall–Kier alpha value is -0.860. The Kier molecular flexibility index (Phi) is 4.11. The first-order valence-electron chi connectivity index (χ1n) is 5.75. The molecule has 0 amide bonds. The molecule has 1 N–H and O–H groups in total. The minimum atomic E-state index is -0.940. The van der Waals surface area contributed by atoms with Crippen molar-refractivity contribution in [2.45, 2.75) is 45.3 Å². The summed E-state index contributed by atoms with van der Waals surface area (Å²) in [5.41, 5.74) is 1.24. The van der Waals surface area contributed by atoms with Gasteiger partial charge in [-0.15, -0.1) is 0 Å². The molecule has 0 spiro atoms. The molecule has 2 heteroatoms. The van der Waals surface area contributed by atoms with Gasteiger partial charge >= 0.3 is 0 Å². The predicted octanol–water partition coefficient (Wildman–Crippen LogP) is 3.05. The third-order valence-electron chi connectivity index (χ3n) is 3.31. The fourth-order valence-corrected chi connectivity index (χ4v) is 1.67. The van der Waals surface area contributed by atoms with Crippen LogP contribution in [0.4, 0.5) is 0 Å². The van der Waals surface area contributed by atoms with Crippen LogP contribution in [-0.2, 0) is 10.3 Å². The van der Waals surface area contributed by atoms with Gasteiger partial charge < -0.3 is 9.84 Å². The molecule has 0 saturated carbocycles. The van der Waals surface area contributed by atoms with E-state index in [1.807, 2.05) is 19.1 Å². The molecule has 0 radical (unpaired) electrons. The van der Waals surface area contributed by atoms with E-state index in [1.165, 1.54) is 5.56 Å². The predicted molar refractivity (Wildman–Crippen MR) is 66.6 cm³/mol. The van der Waals surface area contributed by atoms with Crippen molar-refractivity contribution >= 4 is 0 Å². The zero-order chi connectivity index (χ0) is 12.3. The molecule has 2 atom stereocenters. The lowest BCUT2D eigenvalue weighted by Gasteiger charge is -2.29. The van der Waals surface area contributed by atoms with Gasteiger partial charge in [0, 0.05) is 7.11 Å². The Bertz CT molecular complexity index is 325. The molecule has 16 heavy (non-hydrogen) atoms. The number of benzene rings is 1. The Morgan fingerprint density at radius 2 is 1.62 bits per heavy atom. The number of rotatable bonds is 4. The normalized spacial score (nSPS) is 17.2. The van der Waals surface area contributed by atoms with Crippen LogP contribution in [0.1, 0.15) is 44.7 Å². The van der Waals surface area contributed by atoms with Crippen molar-refractivity contribution in [2.75, 3.05) is 7.11 Å². The zero-order valence-corrected chi connectivity index (χ0v) is 10.8. The summed E-state index contributed by atoms with van der Waals surface area (Å²) in [5.74, 6) is 0.513. The fourth-order valence-electron chi connectivity index (χ4n) is 1.67. The van der Waals surface area contributed by atoms with Gasteiger partial charge in [-0.3, -0.25) is 0 Å². The third-order valence-corrected chi connectivity index (χ3v) is 3.31. The molecule has 0 aliphatic heterocycles. The van der Waals surface area contributed by atoms with Gasteiger partial charge in [-0.25, -0.2) is 0 Å². The second-order valence-electron chi connectivity index (χ2n) is 4.80. The Balaban J connectivity index is 2.97. The largest absolute Gasteiger partial charge is 0.383 e. The number of hydrogen-bond acceptors (Lipinski definition) is 2. The zero-order valence-electron chi connectivity index (χ0n) is 10.8. The summed E-state index contributed by atoms with van der Waals surface area (Å²) in [6.07, 6.45) is -0.225. The van der Waals surface area contributed by atoms with Crippen LogP contribution in [0, 0.1) is 0 Å². The highest BCUT2D eigenvalue weighted by Crippen LogP contribution is 2.27. The lowest BCUT2D eigenvalue weighted by Crippen LogP contribution is -2.35. The topological polar surface area (TPSA) is 29.5 Å². The summed E-state index contributed by atoms with van der Waals surface area (Å²) >= 11 is 0. The quantitative estimate of drug-likeness (QED) is 0.848. The molecule has 0 saturated heterocycles. The van der Waals surface area contributed by atoms with Crippen molar-refractivity contribution in [3.05, 3.63) is 35.4 Å². The number of methoxy groups -OCH3 is 1. The van der Waals surface area contributed by atoms with Crippen molar-refractivity contribution < 1.29 is 9.84 Å². The van der Waals surface area contributed by atoms with Crippen LogP contribution in [0.3, 0.4) is 0 Å². The van der Waals surface area contributed by atoms with Gasteiger partial charge in [0.15, 0.2) is 0 Å². The molecule has 1 aromatic rings. The highest BCUT2D eigenvalue weighted by molar-refractivity contribution is 5.29. The minimum absolute atomic E-state index is 0.225. The van der Waals surface area contributed by atoms with Crippen LogP contribution in [0.2, 0.25) is 0 Å². The summed E-state index contributed by atoms with van der Waals surface area (Å²) in [6, 6.07) is 8.09. The summed E-state index contributed by atoms with van der Waals surface area (Å²) in [7, 11) is 1.61. The van der Waals surface area contributed by atoms with E-state index in [9.17, 15) is 5.11 Å². The molecule has 0 fully saturated rings. The van der Waals surface area contributed by atoms with E-state index < -0.39 is 5.60 Å². The van der Waals surface area contributed by atoms with Crippen LogP contribution in [-0.4, -0.2) is 18.3 Å². The molecule has 90 valence electrons. The van der Waals surface area contributed by atoms with Gasteiger partial charge in [0.05, 0.1) is 6.10 Å². The first-order chi connectivity index (χ1) is 7.39. The lowest BCUT2D eigenvalue weighted by atomic mass is 9.89. The number of hydrogen-bond donors (Lipinski definition) is 1. The van der Waals surface area contributed by atoms with Crippen LogP contribution < -0.4 is 0 Å². The maximum atomic E-state index is 10.4. The average molecular weight is 222 g/mol. The van der Waals surface area contributed by atoms with Gasteiger partial charge in [0.1, 0.15) is 5.60 Å². The van der Waals surface area contributed by atoms with E-state index in [1.54, 1.807) is 14.0 Å². The lowest BCUT2D eigenvalue weighted by molar-refractivity contribution is -0.0772. The maximum absolute atomic E-state index is 10.4. The van der Waals surface area contributed by atoms with Crippen LogP contribution >= 0.6 is 0 Å². The average Bonchev–Trinajstić information content (AvgIpc) is 2.28. The Morgan fingerprint density at radius 3 is 2.00 bits per heavy atom. The maximum Gasteiger partial charge on any atom is 0.113 e. The highest BCUT2D eigenvalue weighted by atomic mass is 16.5. The smallest absolute Gasteiger partial charge is 0.113 e. The van der Waals surface area contributed by atoms with Crippen molar-refractivity contribution in [3.8, 4) is 0 Å². The third kappa shape index (κ3) is 2.63. The number of ether oxygens (including phenoxy) is 1. The molecular weight excluding hydrogens is 200 g/mol. The molecule has 0 aromatic heterocycles. The summed E-state index contributed by atoms with van der Waals surface area (Å²) in [6.45, 7) is 7.97. The molecular formula is C14H22O2. The first kappa shape index (κ1) is 13.2.